The van der Waals surface area contributed by atoms with Crippen LogP contribution in [0, 0.1) is 0 Å². The Bertz CT molecular complexity index is 637. The zero-order valence-electron chi connectivity index (χ0n) is 14.2. The number of nitrogens with zero attached hydrogens (tertiary/aromatic N) is 4. The second kappa shape index (κ2) is 7.37. The van der Waals surface area contributed by atoms with Crippen molar-refractivity contribution in [2.45, 2.75) is 38.7 Å². The molecule has 0 atom stereocenters. The van der Waals surface area contributed by atoms with Crippen LogP contribution in [0.2, 0.25) is 0 Å². The first-order valence-electron chi connectivity index (χ1n) is 8.54. The van der Waals surface area contributed by atoms with Gasteiger partial charge in [-0.1, -0.05) is 0 Å². The van der Waals surface area contributed by atoms with E-state index in [2.05, 4.69) is 5.10 Å². The van der Waals surface area contributed by atoms with Crippen molar-refractivity contribution < 1.29 is 23.1 Å². The van der Waals surface area contributed by atoms with Crippen LogP contribution in [0.15, 0.2) is 6.07 Å². The highest BCUT2D eigenvalue weighted by Crippen LogP contribution is 2.40. The van der Waals surface area contributed by atoms with Crippen LogP contribution in [0.4, 0.5) is 13.6 Å². The van der Waals surface area contributed by atoms with Gasteiger partial charge in [0.2, 0.25) is 5.91 Å². The molecule has 9 heteroatoms. The maximum absolute atomic E-state index is 13.2. The van der Waals surface area contributed by atoms with E-state index in [0.717, 1.165) is 17.5 Å². The number of piperazine rings is 1. The molecule has 2 fully saturated rings. The zero-order valence-corrected chi connectivity index (χ0v) is 14.2. The number of ether oxygens (including phenoxy) is 1. The number of carbonyl (C=O) groups is 2. The summed E-state index contributed by atoms with van der Waals surface area (Å²) in [6.07, 6.45) is -1.13. The molecule has 2 heterocycles. The molecule has 1 aromatic heterocycles. The Morgan fingerprint density at radius 3 is 2.44 bits per heavy atom. The topological polar surface area (TPSA) is 67.7 Å². The Balaban J connectivity index is 1.59. The molecular weight excluding hydrogens is 334 g/mol. The zero-order chi connectivity index (χ0) is 18.0. The molecule has 138 valence electrons. The molecule has 3 rings (SSSR count). The minimum atomic E-state index is -2.66. The molecular formula is C16H22F2N4O3. The molecule has 1 saturated carbocycles. The van der Waals surface area contributed by atoms with E-state index in [4.69, 9.17) is 4.74 Å². The van der Waals surface area contributed by atoms with E-state index < -0.39 is 12.5 Å². The molecule has 0 unspecified atom stereocenters. The van der Waals surface area contributed by atoms with Crippen LogP contribution in [0.3, 0.4) is 0 Å². The van der Waals surface area contributed by atoms with Gasteiger partial charge in [0, 0.05) is 32.1 Å². The van der Waals surface area contributed by atoms with E-state index >= 15 is 0 Å². The number of hydrogen-bond acceptors (Lipinski definition) is 4. The van der Waals surface area contributed by atoms with Gasteiger partial charge in [-0.25, -0.2) is 13.6 Å². The summed E-state index contributed by atoms with van der Waals surface area (Å²) in [5.41, 5.74) is 0.440. The van der Waals surface area contributed by atoms with Crippen molar-refractivity contribution in [1.82, 2.24) is 19.6 Å². The lowest BCUT2D eigenvalue weighted by atomic mass is 10.3. The summed E-state index contributed by atoms with van der Waals surface area (Å²) < 4.78 is 32.4. The first-order valence-corrected chi connectivity index (χ1v) is 8.54. The van der Waals surface area contributed by atoms with Gasteiger partial charge < -0.3 is 14.5 Å². The van der Waals surface area contributed by atoms with Crippen molar-refractivity contribution in [3.63, 3.8) is 0 Å². The normalized spacial score (nSPS) is 17.9. The molecule has 0 bridgehead atoms. The van der Waals surface area contributed by atoms with Gasteiger partial charge in [0.15, 0.2) is 0 Å². The average Bonchev–Trinajstić information content (AvgIpc) is 3.36. The van der Waals surface area contributed by atoms with E-state index in [-0.39, 0.29) is 24.1 Å². The second-order valence-corrected chi connectivity index (χ2v) is 6.29. The lowest BCUT2D eigenvalue weighted by molar-refractivity contribution is -0.133. The molecule has 0 N–H and O–H groups in total. The molecule has 0 spiro atoms. The Hall–Kier alpha value is -2.19. The molecule has 2 amide bonds. The van der Waals surface area contributed by atoms with Crippen molar-refractivity contribution in [3.8, 4) is 0 Å². The summed E-state index contributed by atoms with van der Waals surface area (Å²) >= 11 is 0. The van der Waals surface area contributed by atoms with Crippen LogP contribution < -0.4 is 0 Å². The molecule has 0 radical (unpaired) electrons. The van der Waals surface area contributed by atoms with Gasteiger partial charge in [-0.15, -0.1) is 0 Å². The summed E-state index contributed by atoms with van der Waals surface area (Å²) in [6, 6.07) is 1.41. The number of halogens is 2. The van der Waals surface area contributed by atoms with Crippen LogP contribution in [-0.2, 0) is 16.1 Å². The van der Waals surface area contributed by atoms with Crippen LogP contribution >= 0.6 is 0 Å². The standard InChI is InChI=1S/C16H22F2N4O3/c1-2-25-16(24)21-7-5-20(6-8-21)14(23)10-22-13(15(17)18)9-12(19-22)11-3-4-11/h9,11,15H,2-8,10H2,1H3. The maximum atomic E-state index is 13.2. The van der Waals surface area contributed by atoms with E-state index in [1.54, 1.807) is 11.8 Å². The number of hydrogen-bond donors (Lipinski definition) is 0. The lowest BCUT2D eigenvalue weighted by Crippen LogP contribution is -2.51. The largest absolute Gasteiger partial charge is 0.450 e. The monoisotopic (exact) mass is 356 g/mol. The smallest absolute Gasteiger partial charge is 0.409 e. The quantitative estimate of drug-likeness (QED) is 0.809. The molecule has 0 aromatic carbocycles. The Kier molecular flexibility index (Phi) is 5.19. The third-order valence-corrected chi connectivity index (χ3v) is 4.49. The third-order valence-electron chi connectivity index (χ3n) is 4.49. The number of alkyl halides is 2. The maximum Gasteiger partial charge on any atom is 0.409 e. The SMILES string of the molecule is CCOC(=O)N1CCN(C(=O)Cn2nc(C3CC3)cc2C(F)F)CC1. The van der Waals surface area contributed by atoms with E-state index in [1.165, 1.54) is 11.0 Å². The Labute approximate surface area is 144 Å². The summed E-state index contributed by atoms with van der Waals surface area (Å²) in [5.74, 6) is -0.0159. The average molecular weight is 356 g/mol. The summed E-state index contributed by atoms with van der Waals surface area (Å²) in [5, 5.41) is 4.20. The van der Waals surface area contributed by atoms with Crippen LogP contribution in [0.5, 0.6) is 0 Å². The third kappa shape index (κ3) is 4.08. The first-order chi connectivity index (χ1) is 12.0. The minimum absolute atomic E-state index is 0.203. The molecule has 7 nitrogen and oxygen atoms in total. The minimum Gasteiger partial charge on any atom is -0.450 e. The predicted molar refractivity (Wildman–Crippen MR) is 84.3 cm³/mol. The molecule has 1 aliphatic carbocycles. The van der Waals surface area contributed by atoms with Crippen molar-refractivity contribution in [3.05, 3.63) is 17.5 Å². The fraction of sp³-hybridized carbons (Fsp3) is 0.688. The number of amides is 2. The van der Waals surface area contributed by atoms with Gasteiger partial charge in [-0.2, -0.15) is 5.10 Å². The highest BCUT2D eigenvalue weighted by Gasteiger charge is 2.30. The summed E-state index contributed by atoms with van der Waals surface area (Å²) in [6.45, 7) is 3.30. The molecule has 25 heavy (non-hydrogen) atoms. The van der Waals surface area contributed by atoms with Gasteiger partial charge in [0.1, 0.15) is 12.2 Å². The van der Waals surface area contributed by atoms with Gasteiger partial charge in [0.25, 0.3) is 6.43 Å². The molecule has 1 aliphatic heterocycles. The van der Waals surface area contributed by atoms with Crippen LogP contribution in [0.25, 0.3) is 0 Å². The van der Waals surface area contributed by atoms with Gasteiger partial charge >= 0.3 is 6.09 Å². The fourth-order valence-electron chi connectivity index (χ4n) is 2.91. The Morgan fingerprint density at radius 2 is 1.88 bits per heavy atom. The Morgan fingerprint density at radius 1 is 1.24 bits per heavy atom. The van der Waals surface area contributed by atoms with E-state index in [0.29, 0.717) is 38.5 Å². The second-order valence-electron chi connectivity index (χ2n) is 6.29. The molecule has 1 aromatic rings. The van der Waals surface area contributed by atoms with Gasteiger partial charge in [-0.3, -0.25) is 9.48 Å². The number of rotatable bonds is 5. The van der Waals surface area contributed by atoms with Gasteiger partial charge in [-0.05, 0) is 25.8 Å². The predicted octanol–water partition coefficient (Wildman–Crippen LogP) is 2.00. The van der Waals surface area contributed by atoms with Crippen molar-refractivity contribution in [2.75, 3.05) is 32.8 Å². The molecule has 2 aliphatic rings. The molecule has 1 saturated heterocycles. The van der Waals surface area contributed by atoms with E-state index in [1.807, 2.05) is 0 Å². The number of carbonyl (C=O) groups excluding carboxylic acids is 2. The first kappa shape index (κ1) is 17.6. The van der Waals surface area contributed by atoms with Crippen molar-refractivity contribution in [2.24, 2.45) is 0 Å². The number of aromatic nitrogens is 2. The summed E-state index contributed by atoms with van der Waals surface area (Å²) in [4.78, 5) is 27.2. The summed E-state index contributed by atoms with van der Waals surface area (Å²) in [7, 11) is 0. The highest BCUT2D eigenvalue weighted by atomic mass is 19.3. The van der Waals surface area contributed by atoms with E-state index in [9.17, 15) is 18.4 Å². The lowest BCUT2D eigenvalue weighted by Gasteiger charge is -2.34. The van der Waals surface area contributed by atoms with Crippen molar-refractivity contribution in [1.29, 1.82) is 0 Å². The highest BCUT2D eigenvalue weighted by molar-refractivity contribution is 5.76. The van der Waals surface area contributed by atoms with Crippen molar-refractivity contribution >= 4 is 12.0 Å². The van der Waals surface area contributed by atoms with Crippen LogP contribution in [-0.4, -0.2) is 64.4 Å². The van der Waals surface area contributed by atoms with Crippen LogP contribution in [0.1, 0.15) is 43.5 Å². The van der Waals surface area contributed by atoms with Gasteiger partial charge in [0.05, 0.1) is 12.3 Å². The fourth-order valence-corrected chi connectivity index (χ4v) is 2.91.